The van der Waals surface area contributed by atoms with Crippen LogP contribution in [0.25, 0.3) is 0 Å². The molecule has 1 aromatic rings. The third kappa shape index (κ3) is 3.66. The Bertz CT molecular complexity index is 564. The molecule has 5 nitrogen and oxygen atoms in total. The number of benzene rings is 1. The molecule has 0 aromatic heterocycles. The smallest absolute Gasteiger partial charge is 0.244 e. The second-order valence-corrected chi connectivity index (χ2v) is 6.45. The first-order valence-corrected chi connectivity index (χ1v) is 8.61. The number of piperidine rings is 1. The summed E-state index contributed by atoms with van der Waals surface area (Å²) in [5.74, 6) is 0.364. The summed E-state index contributed by atoms with van der Waals surface area (Å²) in [6.45, 7) is 4.46. The standard InChI is InChI=1S/C18H25N3O2/c1-14(18(23)20-11-3-2-4-12-20)19-15-7-9-16(10-8-15)21-13-5-6-17(21)22/h7-10,14,19H,2-6,11-13H2,1H3/t14-/m0/s1. The van der Waals surface area contributed by atoms with Crippen LogP contribution in [0.5, 0.6) is 0 Å². The number of nitrogens with one attached hydrogen (secondary N) is 1. The highest BCUT2D eigenvalue weighted by molar-refractivity contribution is 5.95. The van der Waals surface area contributed by atoms with E-state index in [-0.39, 0.29) is 17.9 Å². The van der Waals surface area contributed by atoms with Gasteiger partial charge in [0, 0.05) is 37.4 Å². The predicted molar refractivity (Wildman–Crippen MR) is 91.5 cm³/mol. The van der Waals surface area contributed by atoms with Crippen LogP contribution in [0, 0.1) is 0 Å². The van der Waals surface area contributed by atoms with Crippen LogP contribution >= 0.6 is 0 Å². The van der Waals surface area contributed by atoms with Crippen LogP contribution in [0.4, 0.5) is 11.4 Å². The molecule has 2 aliphatic rings. The Labute approximate surface area is 137 Å². The fourth-order valence-electron chi connectivity index (χ4n) is 3.36. The summed E-state index contributed by atoms with van der Waals surface area (Å²) in [6.07, 6.45) is 5.01. The maximum atomic E-state index is 12.4. The van der Waals surface area contributed by atoms with E-state index < -0.39 is 0 Å². The lowest BCUT2D eigenvalue weighted by molar-refractivity contribution is -0.132. The zero-order valence-corrected chi connectivity index (χ0v) is 13.8. The van der Waals surface area contributed by atoms with Crippen molar-refractivity contribution in [3.8, 4) is 0 Å². The minimum absolute atomic E-state index is 0.170. The lowest BCUT2D eigenvalue weighted by atomic mass is 10.1. The maximum absolute atomic E-state index is 12.4. The summed E-state index contributed by atoms with van der Waals surface area (Å²) in [5.41, 5.74) is 1.85. The Morgan fingerprint density at radius 2 is 1.74 bits per heavy atom. The first-order chi connectivity index (χ1) is 11.1. The van der Waals surface area contributed by atoms with Gasteiger partial charge in [0.05, 0.1) is 0 Å². The number of rotatable bonds is 4. The Morgan fingerprint density at radius 1 is 1.04 bits per heavy atom. The van der Waals surface area contributed by atoms with Crippen molar-refractivity contribution in [3.05, 3.63) is 24.3 Å². The normalized spacial score (nSPS) is 19.8. The highest BCUT2D eigenvalue weighted by Gasteiger charge is 2.23. The monoisotopic (exact) mass is 315 g/mol. The molecule has 5 heteroatoms. The molecule has 2 aliphatic heterocycles. The van der Waals surface area contributed by atoms with Gasteiger partial charge in [0.15, 0.2) is 0 Å². The van der Waals surface area contributed by atoms with Crippen LogP contribution in [-0.2, 0) is 9.59 Å². The van der Waals surface area contributed by atoms with Crippen molar-refractivity contribution in [3.63, 3.8) is 0 Å². The van der Waals surface area contributed by atoms with Crippen molar-refractivity contribution < 1.29 is 9.59 Å². The zero-order chi connectivity index (χ0) is 16.2. The number of hydrogen-bond acceptors (Lipinski definition) is 3. The fraction of sp³-hybridized carbons (Fsp3) is 0.556. The van der Waals surface area contributed by atoms with Gasteiger partial charge in [-0.15, -0.1) is 0 Å². The van der Waals surface area contributed by atoms with Crippen molar-refractivity contribution >= 4 is 23.2 Å². The molecular formula is C18H25N3O2. The molecule has 0 spiro atoms. The van der Waals surface area contributed by atoms with Gasteiger partial charge in [-0.25, -0.2) is 0 Å². The van der Waals surface area contributed by atoms with Crippen molar-refractivity contribution in [1.82, 2.24) is 4.90 Å². The van der Waals surface area contributed by atoms with Gasteiger partial charge in [-0.05, 0) is 56.9 Å². The molecule has 2 heterocycles. The van der Waals surface area contributed by atoms with Crippen LogP contribution in [-0.4, -0.2) is 42.4 Å². The van der Waals surface area contributed by atoms with Crippen LogP contribution in [0.3, 0.4) is 0 Å². The lowest BCUT2D eigenvalue weighted by Crippen LogP contribution is -2.43. The number of nitrogens with zero attached hydrogens (tertiary/aromatic N) is 2. The largest absolute Gasteiger partial charge is 0.374 e. The molecule has 2 fully saturated rings. The molecule has 3 rings (SSSR count). The van der Waals surface area contributed by atoms with E-state index in [0.29, 0.717) is 6.42 Å². The topological polar surface area (TPSA) is 52.7 Å². The maximum Gasteiger partial charge on any atom is 0.244 e. The van der Waals surface area contributed by atoms with Crippen LogP contribution < -0.4 is 10.2 Å². The van der Waals surface area contributed by atoms with Crippen molar-refractivity contribution in [2.45, 2.75) is 45.1 Å². The molecular weight excluding hydrogens is 290 g/mol. The second kappa shape index (κ2) is 7.02. The quantitative estimate of drug-likeness (QED) is 0.929. The summed E-state index contributed by atoms with van der Waals surface area (Å²) >= 11 is 0. The van der Waals surface area contributed by atoms with Gasteiger partial charge in [0.1, 0.15) is 6.04 Å². The van der Waals surface area contributed by atoms with E-state index in [4.69, 9.17) is 0 Å². The first kappa shape index (κ1) is 15.8. The molecule has 124 valence electrons. The third-order valence-electron chi connectivity index (χ3n) is 4.67. The Balaban J connectivity index is 1.59. The average molecular weight is 315 g/mol. The van der Waals surface area contributed by atoms with Crippen molar-refractivity contribution in [2.75, 3.05) is 29.9 Å². The van der Waals surface area contributed by atoms with E-state index in [1.807, 2.05) is 41.0 Å². The number of hydrogen-bond donors (Lipinski definition) is 1. The summed E-state index contributed by atoms with van der Waals surface area (Å²) in [7, 11) is 0. The third-order valence-corrected chi connectivity index (χ3v) is 4.67. The van der Waals surface area contributed by atoms with E-state index in [2.05, 4.69) is 5.32 Å². The van der Waals surface area contributed by atoms with E-state index in [1.54, 1.807) is 0 Å². The zero-order valence-electron chi connectivity index (χ0n) is 13.8. The Hall–Kier alpha value is -2.04. The highest BCUT2D eigenvalue weighted by atomic mass is 16.2. The van der Waals surface area contributed by atoms with Crippen LogP contribution in [0.2, 0.25) is 0 Å². The van der Waals surface area contributed by atoms with E-state index in [0.717, 1.165) is 50.3 Å². The van der Waals surface area contributed by atoms with Crippen LogP contribution in [0.15, 0.2) is 24.3 Å². The molecule has 0 unspecified atom stereocenters. The molecule has 2 amide bonds. The first-order valence-electron chi connectivity index (χ1n) is 8.61. The molecule has 1 N–H and O–H groups in total. The van der Waals surface area contributed by atoms with Gasteiger partial charge in [-0.3, -0.25) is 9.59 Å². The number of carbonyl (C=O) groups is 2. The fourth-order valence-corrected chi connectivity index (χ4v) is 3.36. The number of anilines is 2. The summed E-state index contributed by atoms with van der Waals surface area (Å²) < 4.78 is 0. The Kier molecular flexibility index (Phi) is 4.84. The molecule has 1 aromatic carbocycles. The summed E-state index contributed by atoms with van der Waals surface area (Å²) in [5, 5.41) is 3.27. The van der Waals surface area contributed by atoms with E-state index in [1.165, 1.54) is 6.42 Å². The molecule has 2 saturated heterocycles. The number of amides is 2. The molecule has 0 radical (unpaired) electrons. The van der Waals surface area contributed by atoms with Gasteiger partial charge < -0.3 is 15.1 Å². The molecule has 0 aliphatic carbocycles. The number of likely N-dealkylation sites (tertiary alicyclic amines) is 1. The SMILES string of the molecule is C[C@H](Nc1ccc(N2CCCC2=O)cc1)C(=O)N1CCCCC1. The summed E-state index contributed by atoms with van der Waals surface area (Å²) in [6, 6.07) is 7.56. The van der Waals surface area contributed by atoms with Gasteiger partial charge in [0.2, 0.25) is 11.8 Å². The minimum atomic E-state index is -0.229. The van der Waals surface area contributed by atoms with E-state index in [9.17, 15) is 9.59 Å². The number of carbonyl (C=O) groups excluding carboxylic acids is 2. The highest BCUT2D eigenvalue weighted by Crippen LogP contribution is 2.23. The average Bonchev–Trinajstić information content (AvgIpc) is 3.01. The van der Waals surface area contributed by atoms with Crippen molar-refractivity contribution in [1.29, 1.82) is 0 Å². The molecule has 0 bridgehead atoms. The molecule has 23 heavy (non-hydrogen) atoms. The van der Waals surface area contributed by atoms with E-state index >= 15 is 0 Å². The molecule has 1 atom stereocenters. The molecule has 0 saturated carbocycles. The van der Waals surface area contributed by atoms with Gasteiger partial charge in [0.25, 0.3) is 0 Å². The van der Waals surface area contributed by atoms with Gasteiger partial charge in [-0.2, -0.15) is 0 Å². The van der Waals surface area contributed by atoms with Crippen molar-refractivity contribution in [2.24, 2.45) is 0 Å². The van der Waals surface area contributed by atoms with Crippen LogP contribution in [0.1, 0.15) is 39.0 Å². The summed E-state index contributed by atoms with van der Waals surface area (Å²) in [4.78, 5) is 28.0. The minimum Gasteiger partial charge on any atom is -0.374 e. The Morgan fingerprint density at radius 3 is 2.35 bits per heavy atom. The lowest BCUT2D eigenvalue weighted by Gasteiger charge is -2.29. The van der Waals surface area contributed by atoms with Gasteiger partial charge >= 0.3 is 0 Å². The predicted octanol–water partition coefficient (Wildman–Crippen LogP) is 2.63. The van der Waals surface area contributed by atoms with Gasteiger partial charge in [-0.1, -0.05) is 0 Å². The second-order valence-electron chi connectivity index (χ2n) is 6.45.